The Morgan fingerprint density at radius 2 is 1.86 bits per heavy atom. The third-order valence-electron chi connectivity index (χ3n) is 5.08. The highest BCUT2D eigenvalue weighted by molar-refractivity contribution is 6.04. The van der Waals surface area contributed by atoms with Crippen molar-refractivity contribution in [3.05, 3.63) is 99.9 Å². The van der Waals surface area contributed by atoms with Gasteiger partial charge >= 0.3 is 0 Å². The van der Waals surface area contributed by atoms with Crippen LogP contribution >= 0.6 is 0 Å². The van der Waals surface area contributed by atoms with Crippen molar-refractivity contribution < 1.29 is 14.5 Å². The summed E-state index contributed by atoms with van der Waals surface area (Å²) in [5.74, 6) is 1.20. The summed E-state index contributed by atoms with van der Waals surface area (Å²) < 4.78 is 5.22. The van der Waals surface area contributed by atoms with Crippen molar-refractivity contribution in [2.24, 2.45) is 4.99 Å². The number of aliphatic imine (C=N–C) groups is 1. The fourth-order valence-corrected chi connectivity index (χ4v) is 3.59. The van der Waals surface area contributed by atoms with E-state index in [1.165, 1.54) is 12.3 Å². The average Bonchev–Trinajstić information content (AvgIpc) is 2.78. The van der Waals surface area contributed by atoms with Gasteiger partial charge in [-0.1, -0.05) is 42.5 Å². The molecule has 2 heterocycles. The standard InChI is InChI=1S/C22H19N3O4/c1-29-18-10-7-15(8-11-18)20-13-19(22(26)16-5-3-2-4-6-16)23-21-12-9-17(25(27)28)14-24(20)21/h2-12,14,19-20H,13H2,1H3. The molecule has 2 unspecified atom stereocenters. The van der Waals surface area contributed by atoms with Crippen LogP contribution in [0.2, 0.25) is 0 Å². The van der Waals surface area contributed by atoms with Gasteiger partial charge in [-0.05, 0) is 23.8 Å². The number of nitro groups is 1. The number of amidine groups is 1. The molecule has 7 heteroatoms. The monoisotopic (exact) mass is 389 g/mol. The SMILES string of the molecule is COc1ccc(C2CC(C(=O)c3ccccc3)N=C3C=CC([N+](=O)[O-])=CN32)cc1. The zero-order valence-electron chi connectivity index (χ0n) is 15.8. The molecular weight excluding hydrogens is 370 g/mol. The number of rotatable bonds is 5. The molecular formula is C22H19N3O4. The summed E-state index contributed by atoms with van der Waals surface area (Å²) in [6.45, 7) is 0. The average molecular weight is 389 g/mol. The maximum atomic E-state index is 13.0. The summed E-state index contributed by atoms with van der Waals surface area (Å²) in [6.07, 6.45) is 4.91. The predicted molar refractivity (Wildman–Crippen MR) is 108 cm³/mol. The van der Waals surface area contributed by atoms with Crippen LogP contribution in [0.3, 0.4) is 0 Å². The molecule has 2 aliphatic heterocycles. The minimum Gasteiger partial charge on any atom is -0.497 e. The number of fused-ring (bicyclic) bond motifs is 1. The Morgan fingerprint density at radius 3 is 2.52 bits per heavy atom. The van der Waals surface area contributed by atoms with Crippen LogP contribution in [0.25, 0.3) is 0 Å². The zero-order valence-corrected chi connectivity index (χ0v) is 15.8. The van der Waals surface area contributed by atoms with E-state index in [9.17, 15) is 14.9 Å². The number of benzene rings is 2. The molecule has 0 bridgehead atoms. The lowest BCUT2D eigenvalue weighted by atomic mass is 9.91. The Labute approximate surface area is 167 Å². The van der Waals surface area contributed by atoms with E-state index in [0.29, 0.717) is 17.8 Å². The van der Waals surface area contributed by atoms with E-state index >= 15 is 0 Å². The first kappa shape index (κ1) is 18.6. The van der Waals surface area contributed by atoms with Crippen molar-refractivity contribution in [2.45, 2.75) is 18.5 Å². The van der Waals surface area contributed by atoms with Gasteiger partial charge in [-0.3, -0.25) is 19.9 Å². The van der Waals surface area contributed by atoms with Gasteiger partial charge in [-0.2, -0.15) is 0 Å². The topological polar surface area (TPSA) is 85.0 Å². The van der Waals surface area contributed by atoms with E-state index in [-0.39, 0.29) is 17.5 Å². The lowest BCUT2D eigenvalue weighted by Crippen LogP contribution is -2.41. The normalized spacial score (nSPS) is 20.4. The van der Waals surface area contributed by atoms with Gasteiger partial charge in [0.1, 0.15) is 17.6 Å². The molecule has 2 atom stereocenters. The van der Waals surface area contributed by atoms with Gasteiger partial charge in [0.25, 0.3) is 5.70 Å². The van der Waals surface area contributed by atoms with E-state index < -0.39 is 11.0 Å². The van der Waals surface area contributed by atoms with Crippen LogP contribution in [-0.2, 0) is 0 Å². The molecule has 0 amide bonds. The van der Waals surface area contributed by atoms with E-state index in [4.69, 9.17) is 4.74 Å². The minimum absolute atomic E-state index is 0.0182. The maximum Gasteiger partial charge on any atom is 0.285 e. The van der Waals surface area contributed by atoms with Crippen LogP contribution in [0.4, 0.5) is 0 Å². The molecule has 2 aromatic rings. The smallest absolute Gasteiger partial charge is 0.285 e. The number of carbonyl (C=O) groups excluding carboxylic acids is 1. The van der Waals surface area contributed by atoms with Crippen molar-refractivity contribution >= 4 is 11.6 Å². The van der Waals surface area contributed by atoms with Crippen molar-refractivity contribution in [3.8, 4) is 5.75 Å². The number of hydrogen-bond acceptors (Lipinski definition) is 6. The molecule has 2 aliphatic rings. The second kappa shape index (κ2) is 7.71. The quantitative estimate of drug-likeness (QED) is 0.441. The fourth-order valence-electron chi connectivity index (χ4n) is 3.59. The van der Waals surface area contributed by atoms with Crippen LogP contribution in [0.15, 0.2) is 83.6 Å². The molecule has 7 nitrogen and oxygen atoms in total. The highest BCUT2D eigenvalue weighted by atomic mass is 16.6. The Balaban J connectivity index is 1.73. The number of hydrogen-bond donors (Lipinski definition) is 0. The molecule has 0 fully saturated rings. The molecule has 0 N–H and O–H groups in total. The number of ether oxygens (including phenoxy) is 1. The van der Waals surface area contributed by atoms with Crippen LogP contribution in [-0.4, -0.2) is 34.6 Å². The Hall–Kier alpha value is -3.74. The van der Waals surface area contributed by atoms with E-state index in [1.807, 2.05) is 42.5 Å². The molecule has 146 valence electrons. The molecule has 0 radical (unpaired) electrons. The van der Waals surface area contributed by atoms with Crippen LogP contribution in [0.5, 0.6) is 5.75 Å². The molecule has 0 saturated carbocycles. The minimum atomic E-state index is -0.564. The summed E-state index contributed by atoms with van der Waals surface area (Å²) in [4.78, 5) is 30.2. The predicted octanol–water partition coefficient (Wildman–Crippen LogP) is 3.78. The van der Waals surface area contributed by atoms with Gasteiger partial charge in [0.15, 0.2) is 5.78 Å². The third-order valence-corrected chi connectivity index (χ3v) is 5.08. The van der Waals surface area contributed by atoms with Gasteiger partial charge < -0.3 is 9.64 Å². The first-order valence-electron chi connectivity index (χ1n) is 9.20. The molecule has 2 aromatic carbocycles. The number of ketones is 1. The van der Waals surface area contributed by atoms with E-state index in [1.54, 1.807) is 30.2 Å². The van der Waals surface area contributed by atoms with Gasteiger partial charge in [0, 0.05) is 18.1 Å². The molecule has 0 saturated heterocycles. The fraction of sp³-hybridized carbons (Fsp3) is 0.182. The first-order chi connectivity index (χ1) is 14.1. The van der Waals surface area contributed by atoms with Crippen molar-refractivity contribution in [2.75, 3.05) is 7.11 Å². The Morgan fingerprint density at radius 1 is 1.14 bits per heavy atom. The summed E-state index contributed by atoms with van der Waals surface area (Å²) in [7, 11) is 1.59. The van der Waals surface area contributed by atoms with Crippen LogP contribution < -0.4 is 4.74 Å². The van der Waals surface area contributed by atoms with Crippen molar-refractivity contribution in [1.82, 2.24) is 4.90 Å². The van der Waals surface area contributed by atoms with Gasteiger partial charge in [0.2, 0.25) is 0 Å². The van der Waals surface area contributed by atoms with E-state index in [0.717, 1.165) is 11.3 Å². The summed E-state index contributed by atoms with van der Waals surface area (Å²) >= 11 is 0. The van der Waals surface area contributed by atoms with Crippen LogP contribution in [0, 0.1) is 10.1 Å². The summed E-state index contributed by atoms with van der Waals surface area (Å²) in [5, 5.41) is 11.3. The maximum absolute atomic E-state index is 13.0. The number of carbonyl (C=O) groups is 1. The molecule has 4 rings (SSSR count). The lowest BCUT2D eigenvalue weighted by Gasteiger charge is -2.37. The van der Waals surface area contributed by atoms with Gasteiger partial charge in [-0.15, -0.1) is 0 Å². The Kier molecular flexibility index (Phi) is 4.95. The van der Waals surface area contributed by atoms with Gasteiger partial charge in [-0.25, -0.2) is 0 Å². The third kappa shape index (κ3) is 3.67. The first-order valence-corrected chi connectivity index (χ1v) is 9.20. The highest BCUT2D eigenvalue weighted by Gasteiger charge is 2.36. The number of nitrogens with zero attached hydrogens (tertiary/aromatic N) is 3. The molecule has 29 heavy (non-hydrogen) atoms. The largest absolute Gasteiger partial charge is 0.497 e. The Bertz CT molecular complexity index is 1030. The number of Topliss-reactive ketones (excluding diaryl/α,β-unsaturated/α-hetero) is 1. The molecule has 0 aromatic heterocycles. The van der Waals surface area contributed by atoms with Crippen LogP contribution in [0.1, 0.15) is 28.4 Å². The zero-order chi connectivity index (χ0) is 20.4. The summed E-state index contributed by atoms with van der Waals surface area (Å²) in [6, 6.07) is 15.7. The second-order valence-corrected chi connectivity index (χ2v) is 6.81. The molecule has 0 spiro atoms. The number of methoxy groups -OCH3 is 1. The second-order valence-electron chi connectivity index (χ2n) is 6.81. The van der Waals surface area contributed by atoms with Crippen molar-refractivity contribution in [1.29, 1.82) is 0 Å². The number of allylic oxidation sites excluding steroid dienone is 1. The van der Waals surface area contributed by atoms with Gasteiger partial charge in [0.05, 0.1) is 24.3 Å². The van der Waals surface area contributed by atoms with Crippen molar-refractivity contribution in [3.63, 3.8) is 0 Å². The lowest BCUT2D eigenvalue weighted by molar-refractivity contribution is -0.420. The molecule has 0 aliphatic carbocycles. The van der Waals surface area contributed by atoms with E-state index in [2.05, 4.69) is 4.99 Å². The highest BCUT2D eigenvalue weighted by Crippen LogP contribution is 2.35. The summed E-state index contributed by atoms with van der Waals surface area (Å²) in [5.41, 5.74) is 1.51.